The summed E-state index contributed by atoms with van der Waals surface area (Å²) >= 11 is 0. The number of hydrogen-bond acceptors (Lipinski definition) is 5. The van der Waals surface area contributed by atoms with Gasteiger partial charge < -0.3 is 0 Å². The lowest BCUT2D eigenvalue weighted by molar-refractivity contribution is 0.101. The Labute approximate surface area is 151 Å². The minimum Gasteiger partial charge on any atom is -0.293 e. The van der Waals surface area contributed by atoms with Crippen molar-refractivity contribution in [1.82, 2.24) is 14.8 Å². The molecule has 1 aromatic carbocycles. The molecule has 2 aromatic heterocycles. The number of nitrogens with two attached hydrogens (primary N) is 1. The van der Waals surface area contributed by atoms with Crippen LogP contribution in [0.15, 0.2) is 41.6 Å². The van der Waals surface area contributed by atoms with Crippen LogP contribution in [0.5, 0.6) is 0 Å². The molecule has 0 amide bonds. The molecule has 3 aromatic rings. The number of carbonyl (C=O) groups excluding carboxylic acids is 1. The van der Waals surface area contributed by atoms with Crippen LogP contribution in [0.4, 0.5) is 0 Å². The van der Waals surface area contributed by atoms with Gasteiger partial charge in [-0.05, 0) is 29.7 Å². The smallest absolute Gasteiger partial charge is 0.239 e. The van der Waals surface area contributed by atoms with Crippen molar-refractivity contribution in [2.45, 2.75) is 32.2 Å². The molecular formula is C18H20N4O3S. The maximum absolute atomic E-state index is 12.0. The number of Topliss-reactive ketones (excluding diaryl/α,β-unsaturated/α-hetero) is 1. The van der Waals surface area contributed by atoms with Crippen molar-refractivity contribution in [2.75, 3.05) is 0 Å². The molecule has 0 saturated heterocycles. The van der Waals surface area contributed by atoms with Gasteiger partial charge in [0.1, 0.15) is 10.6 Å². The van der Waals surface area contributed by atoms with Gasteiger partial charge in [-0.25, -0.2) is 13.6 Å². The predicted octanol–water partition coefficient (Wildman–Crippen LogP) is 2.60. The van der Waals surface area contributed by atoms with Crippen molar-refractivity contribution in [2.24, 2.45) is 11.1 Å². The number of sulfonamides is 1. The number of aromatic nitrogens is 3. The fraction of sp³-hybridized carbons (Fsp3) is 0.278. The lowest BCUT2D eigenvalue weighted by Gasteiger charge is -2.07. The largest absolute Gasteiger partial charge is 0.293 e. The topological polar surface area (TPSA) is 108 Å². The lowest BCUT2D eigenvalue weighted by atomic mass is 10.0. The molecule has 0 bridgehead atoms. The predicted molar refractivity (Wildman–Crippen MR) is 99.2 cm³/mol. The highest BCUT2D eigenvalue weighted by atomic mass is 32.2. The second kappa shape index (κ2) is 6.62. The van der Waals surface area contributed by atoms with Gasteiger partial charge in [-0.15, -0.1) is 0 Å². The highest BCUT2D eigenvalue weighted by Gasteiger charge is 2.16. The first-order chi connectivity index (χ1) is 12.2. The van der Waals surface area contributed by atoms with E-state index in [2.05, 4.69) is 23.9 Å². The van der Waals surface area contributed by atoms with Crippen LogP contribution in [0.3, 0.4) is 0 Å². The van der Waals surface area contributed by atoms with Crippen LogP contribution in [0.25, 0.3) is 22.0 Å². The molecule has 0 atom stereocenters. The number of benzene rings is 1. The summed E-state index contributed by atoms with van der Waals surface area (Å²) in [5, 5.41) is 10.4. The van der Waals surface area contributed by atoms with Crippen LogP contribution in [-0.4, -0.2) is 29.0 Å². The second-order valence-corrected chi connectivity index (χ2v) is 8.23. The van der Waals surface area contributed by atoms with Gasteiger partial charge >= 0.3 is 0 Å². The third-order valence-electron chi connectivity index (χ3n) is 4.00. The number of ketones is 1. The average molecular weight is 372 g/mol. The summed E-state index contributed by atoms with van der Waals surface area (Å²) in [6, 6.07) is 7.04. The van der Waals surface area contributed by atoms with Gasteiger partial charge in [-0.3, -0.25) is 14.5 Å². The molecule has 26 heavy (non-hydrogen) atoms. The lowest BCUT2D eigenvalue weighted by Crippen LogP contribution is -2.12. The third-order valence-corrected chi connectivity index (χ3v) is 4.88. The summed E-state index contributed by atoms with van der Waals surface area (Å²) in [5.74, 6) is 0.263. The average Bonchev–Trinajstić information content (AvgIpc) is 2.92. The van der Waals surface area contributed by atoms with E-state index < -0.39 is 10.0 Å². The van der Waals surface area contributed by atoms with E-state index in [1.165, 1.54) is 19.2 Å². The zero-order chi connectivity index (χ0) is 19.1. The monoisotopic (exact) mass is 372 g/mol. The van der Waals surface area contributed by atoms with E-state index >= 15 is 0 Å². The third kappa shape index (κ3) is 3.51. The molecule has 3 rings (SSSR count). The Morgan fingerprint density at radius 1 is 1.19 bits per heavy atom. The SMILES string of the molecule is CC(=O)c1nn(CC(C)C)c2ccc(-c3cncc(S(N)(=O)=O)c3)cc12. The molecule has 0 aliphatic heterocycles. The molecule has 0 aliphatic rings. The van der Waals surface area contributed by atoms with Crippen molar-refractivity contribution in [3.63, 3.8) is 0 Å². The van der Waals surface area contributed by atoms with Crippen LogP contribution in [0.1, 0.15) is 31.3 Å². The van der Waals surface area contributed by atoms with Gasteiger partial charge in [0.25, 0.3) is 0 Å². The number of pyridine rings is 1. The molecule has 8 heteroatoms. The molecule has 136 valence electrons. The van der Waals surface area contributed by atoms with Crippen LogP contribution in [0.2, 0.25) is 0 Å². The van der Waals surface area contributed by atoms with Crippen molar-refractivity contribution in [3.05, 3.63) is 42.4 Å². The Kier molecular flexibility index (Phi) is 4.64. The van der Waals surface area contributed by atoms with Gasteiger partial charge in [0.05, 0.1) is 5.52 Å². The maximum Gasteiger partial charge on any atom is 0.239 e. The number of primary sulfonamides is 1. The zero-order valence-electron chi connectivity index (χ0n) is 14.8. The van der Waals surface area contributed by atoms with Crippen molar-refractivity contribution in [3.8, 4) is 11.1 Å². The first-order valence-corrected chi connectivity index (χ1v) is 9.71. The Balaban J connectivity index is 2.18. The van der Waals surface area contributed by atoms with E-state index in [1.807, 2.05) is 22.9 Å². The van der Waals surface area contributed by atoms with Crippen LogP contribution in [-0.2, 0) is 16.6 Å². The van der Waals surface area contributed by atoms with Crippen LogP contribution >= 0.6 is 0 Å². The van der Waals surface area contributed by atoms with Gasteiger partial charge in [0.15, 0.2) is 5.78 Å². The van der Waals surface area contributed by atoms with E-state index in [-0.39, 0.29) is 10.7 Å². The Morgan fingerprint density at radius 3 is 2.54 bits per heavy atom. The molecular weight excluding hydrogens is 352 g/mol. The summed E-state index contributed by atoms with van der Waals surface area (Å²) in [6.45, 7) is 6.35. The van der Waals surface area contributed by atoms with E-state index in [9.17, 15) is 13.2 Å². The summed E-state index contributed by atoms with van der Waals surface area (Å²) < 4.78 is 24.9. The number of rotatable bonds is 5. The highest BCUT2D eigenvalue weighted by Crippen LogP contribution is 2.28. The molecule has 0 unspecified atom stereocenters. The molecule has 0 fully saturated rings. The summed E-state index contributed by atoms with van der Waals surface area (Å²) in [5.41, 5.74) is 2.60. The molecule has 0 saturated carbocycles. The number of fused-ring (bicyclic) bond motifs is 1. The van der Waals surface area contributed by atoms with Crippen LogP contribution in [0, 0.1) is 5.92 Å². The second-order valence-electron chi connectivity index (χ2n) is 6.67. The minimum absolute atomic E-state index is 0.0580. The van der Waals surface area contributed by atoms with E-state index in [0.717, 1.165) is 16.5 Å². The summed E-state index contributed by atoms with van der Waals surface area (Å²) in [7, 11) is -3.84. The Morgan fingerprint density at radius 2 is 1.92 bits per heavy atom. The fourth-order valence-corrected chi connectivity index (χ4v) is 3.34. The van der Waals surface area contributed by atoms with Crippen molar-refractivity contribution < 1.29 is 13.2 Å². The van der Waals surface area contributed by atoms with Gasteiger partial charge in [0.2, 0.25) is 10.0 Å². The standard InChI is InChI=1S/C18H20N4O3S/c1-11(2)10-22-17-5-4-13(7-16(17)18(21-22)12(3)23)14-6-15(9-20-8-14)26(19,24)25/h4-9,11H,10H2,1-3H3,(H2,19,24,25). The summed E-state index contributed by atoms with van der Waals surface area (Å²) in [6.07, 6.45) is 2.76. The van der Waals surface area contributed by atoms with Crippen LogP contribution < -0.4 is 5.14 Å². The first-order valence-electron chi connectivity index (χ1n) is 8.16. The molecule has 2 N–H and O–H groups in total. The van der Waals surface area contributed by atoms with E-state index in [4.69, 9.17) is 5.14 Å². The number of nitrogens with zero attached hydrogens (tertiary/aromatic N) is 3. The molecule has 2 heterocycles. The van der Waals surface area contributed by atoms with E-state index in [0.29, 0.717) is 23.7 Å². The first kappa shape index (κ1) is 18.2. The van der Waals surface area contributed by atoms with Gasteiger partial charge in [-0.1, -0.05) is 19.9 Å². The molecule has 0 radical (unpaired) electrons. The fourth-order valence-electron chi connectivity index (χ4n) is 2.84. The van der Waals surface area contributed by atoms with Gasteiger partial charge in [0, 0.05) is 36.8 Å². The molecule has 7 nitrogen and oxygen atoms in total. The van der Waals surface area contributed by atoms with E-state index in [1.54, 1.807) is 6.20 Å². The quantitative estimate of drug-likeness (QED) is 0.693. The summed E-state index contributed by atoms with van der Waals surface area (Å²) in [4.78, 5) is 15.9. The van der Waals surface area contributed by atoms with Gasteiger partial charge in [-0.2, -0.15) is 5.10 Å². The maximum atomic E-state index is 12.0. The Bertz CT molecular complexity index is 1100. The Hall–Kier alpha value is -2.58. The molecule has 0 aliphatic carbocycles. The number of carbonyl (C=O) groups is 1. The van der Waals surface area contributed by atoms with Crippen molar-refractivity contribution in [1.29, 1.82) is 0 Å². The number of hydrogen-bond donors (Lipinski definition) is 1. The van der Waals surface area contributed by atoms with Crippen molar-refractivity contribution >= 4 is 26.7 Å². The molecule has 0 spiro atoms. The zero-order valence-corrected chi connectivity index (χ0v) is 15.6. The normalized spacial score (nSPS) is 12.0. The minimum atomic E-state index is -3.84. The highest BCUT2D eigenvalue weighted by molar-refractivity contribution is 7.89.